The highest BCUT2D eigenvalue weighted by atomic mass is 19.4. The van der Waals surface area contributed by atoms with Crippen LogP contribution in [0.4, 0.5) is 26.3 Å². The second kappa shape index (κ2) is 10.1. The van der Waals surface area contributed by atoms with Gasteiger partial charge in [-0.2, -0.15) is 36.7 Å². The Hall–Kier alpha value is -4.29. The average Bonchev–Trinajstić information content (AvgIpc) is 3.55. The number of hydrogen-bond donors (Lipinski definition) is 1. The van der Waals surface area contributed by atoms with Gasteiger partial charge in [0.1, 0.15) is 5.69 Å². The van der Waals surface area contributed by atoms with E-state index in [-0.39, 0.29) is 18.1 Å². The van der Waals surface area contributed by atoms with Crippen molar-refractivity contribution in [2.24, 2.45) is 0 Å². The second-order valence-electron chi connectivity index (χ2n) is 8.94. The summed E-state index contributed by atoms with van der Waals surface area (Å²) in [6.07, 6.45) is -8.41. The predicted molar refractivity (Wildman–Crippen MR) is 129 cm³/mol. The molecule has 1 N–H and O–H groups in total. The molecule has 0 unspecified atom stereocenters. The first kappa shape index (κ1) is 26.3. The summed E-state index contributed by atoms with van der Waals surface area (Å²) in [6, 6.07) is 14.6. The molecule has 39 heavy (non-hydrogen) atoms. The summed E-state index contributed by atoms with van der Waals surface area (Å²) in [5.41, 5.74) is 0.0216. The SMILES string of the molecule is CCCCc1nn2c(C(F)(F)F)cc(C(F)(F)F)nc2c1Cc1ccc(-c2ccccc2-c2nn[nH]n2)cc1. The van der Waals surface area contributed by atoms with E-state index in [0.29, 0.717) is 34.4 Å². The number of alkyl halides is 6. The van der Waals surface area contributed by atoms with Crippen LogP contribution in [-0.4, -0.2) is 35.2 Å². The van der Waals surface area contributed by atoms with Crippen molar-refractivity contribution in [2.75, 3.05) is 0 Å². The van der Waals surface area contributed by atoms with Crippen molar-refractivity contribution in [3.05, 3.63) is 82.8 Å². The van der Waals surface area contributed by atoms with Crippen LogP contribution in [0.1, 0.15) is 48.0 Å². The van der Waals surface area contributed by atoms with Gasteiger partial charge in [0.2, 0.25) is 5.82 Å². The number of tetrazole rings is 1. The number of benzene rings is 2. The molecular weight excluding hydrogens is 524 g/mol. The molecule has 202 valence electrons. The number of aryl methyl sites for hydroxylation is 1. The van der Waals surface area contributed by atoms with E-state index in [4.69, 9.17) is 0 Å². The number of fused-ring (bicyclic) bond motifs is 1. The first-order valence-electron chi connectivity index (χ1n) is 12.0. The molecule has 0 saturated heterocycles. The van der Waals surface area contributed by atoms with Crippen molar-refractivity contribution in [3.63, 3.8) is 0 Å². The maximum absolute atomic E-state index is 13.8. The molecule has 0 aliphatic rings. The van der Waals surface area contributed by atoms with Gasteiger partial charge in [0.15, 0.2) is 11.3 Å². The number of nitrogens with one attached hydrogen (secondary N) is 1. The normalized spacial score (nSPS) is 12.4. The monoisotopic (exact) mass is 545 g/mol. The van der Waals surface area contributed by atoms with E-state index in [1.54, 1.807) is 12.1 Å². The van der Waals surface area contributed by atoms with Crippen molar-refractivity contribution < 1.29 is 26.3 Å². The number of rotatable bonds is 7. The average molecular weight is 545 g/mol. The first-order valence-corrected chi connectivity index (χ1v) is 12.0. The van der Waals surface area contributed by atoms with Gasteiger partial charge in [-0.05, 0) is 40.8 Å². The minimum Gasteiger partial charge on any atom is -0.224 e. The van der Waals surface area contributed by atoms with Gasteiger partial charge in [0.05, 0.1) is 5.69 Å². The standard InChI is InChI=1S/C26H21F6N7/c1-2-3-8-20-19(24-33-21(25(27,28)29)14-22(26(30,31)32)39(24)36-20)13-15-9-11-16(12-10-15)17-6-4-5-7-18(17)23-34-37-38-35-23/h4-7,9-12,14H,2-3,8,13H2,1H3,(H,34,35,37,38). The highest BCUT2D eigenvalue weighted by Crippen LogP contribution is 2.36. The Morgan fingerprint density at radius 2 is 1.62 bits per heavy atom. The van der Waals surface area contributed by atoms with Crippen LogP contribution in [0, 0.1) is 0 Å². The molecule has 3 aromatic heterocycles. The molecule has 0 fully saturated rings. The third-order valence-electron chi connectivity index (χ3n) is 6.27. The highest BCUT2D eigenvalue weighted by molar-refractivity contribution is 5.80. The van der Waals surface area contributed by atoms with E-state index in [0.717, 1.165) is 23.1 Å². The van der Waals surface area contributed by atoms with E-state index in [9.17, 15) is 26.3 Å². The van der Waals surface area contributed by atoms with Gasteiger partial charge in [0.25, 0.3) is 0 Å². The molecule has 0 bridgehead atoms. The molecule has 5 rings (SSSR count). The topological polar surface area (TPSA) is 84.6 Å². The summed E-state index contributed by atoms with van der Waals surface area (Å²) < 4.78 is 82.4. The fourth-order valence-corrected chi connectivity index (χ4v) is 4.39. The van der Waals surface area contributed by atoms with Crippen LogP contribution in [0.3, 0.4) is 0 Å². The summed E-state index contributed by atoms with van der Waals surface area (Å²) in [5, 5.41) is 18.2. The molecule has 0 radical (unpaired) electrons. The molecular formula is C26H21F6N7. The lowest BCUT2D eigenvalue weighted by Crippen LogP contribution is -2.18. The molecule has 0 saturated carbocycles. The van der Waals surface area contributed by atoms with Crippen molar-refractivity contribution in [1.82, 2.24) is 35.2 Å². The first-order chi connectivity index (χ1) is 18.6. The number of unbranched alkanes of at least 4 members (excludes halogenated alkanes) is 1. The molecule has 7 nitrogen and oxygen atoms in total. The van der Waals surface area contributed by atoms with E-state index in [1.165, 1.54) is 0 Å². The predicted octanol–water partition coefficient (Wildman–Crippen LogP) is 6.55. The van der Waals surface area contributed by atoms with Gasteiger partial charge in [-0.1, -0.05) is 61.9 Å². The smallest absolute Gasteiger partial charge is 0.224 e. The van der Waals surface area contributed by atoms with Gasteiger partial charge < -0.3 is 0 Å². The van der Waals surface area contributed by atoms with Crippen LogP contribution < -0.4 is 0 Å². The van der Waals surface area contributed by atoms with Crippen LogP contribution in [-0.2, 0) is 25.2 Å². The van der Waals surface area contributed by atoms with Gasteiger partial charge in [-0.3, -0.25) is 0 Å². The van der Waals surface area contributed by atoms with E-state index in [2.05, 4.69) is 30.7 Å². The molecule has 13 heteroatoms. The van der Waals surface area contributed by atoms with Crippen LogP contribution >= 0.6 is 0 Å². The van der Waals surface area contributed by atoms with Crippen molar-refractivity contribution in [1.29, 1.82) is 0 Å². The third-order valence-corrected chi connectivity index (χ3v) is 6.27. The number of nitrogens with zero attached hydrogens (tertiary/aromatic N) is 6. The summed E-state index contributed by atoms with van der Waals surface area (Å²) in [7, 11) is 0. The fourth-order valence-electron chi connectivity index (χ4n) is 4.39. The van der Waals surface area contributed by atoms with Crippen LogP contribution in [0.5, 0.6) is 0 Å². The van der Waals surface area contributed by atoms with Gasteiger partial charge in [-0.15, -0.1) is 10.2 Å². The van der Waals surface area contributed by atoms with Gasteiger partial charge >= 0.3 is 12.4 Å². The van der Waals surface area contributed by atoms with Gasteiger partial charge in [-0.25, -0.2) is 9.50 Å². The highest BCUT2D eigenvalue weighted by Gasteiger charge is 2.41. The molecule has 0 aliphatic carbocycles. The Balaban J connectivity index is 1.58. The summed E-state index contributed by atoms with van der Waals surface area (Å²) in [5.74, 6) is 0.411. The second-order valence-corrected chi connectivity index (χ2v) is 8.94. The maximum Gasteiger partial charge on any atom is 0.433 e. The third kappa shape index (κ3) is 5.33. The largest absolute Gasteiger partial charge is 0.433 e. The molecule has 5 aromatic rings. The van der Waals surface area contributed by atoms with E-state index in [1.807, 2.05) is 43.3 Å². The molecule has 3 heterocycles. The number of aromatic amines is 1. The summed E-state index contributed by atoms with van der Waals surface area (Å²) >= 11 is 0. The minimum absolute atomic E-state index is 0.00332. The zero-order valence-electron chi connectivity index (χ0n) is 20.5. The van der Waals surface area contributed by atoms with Gasteiger partial charge in [0, 0.05) is 17.5 Å². The fraction of sp³-hybridized carbons (Fsp3) is 0.269. The van der Waals surface area contributed by atoms with Crippen molar-refractivity contribution >= 4 is 5.65 Å². The molecule has 2 aromatic carbocycles. The lowest BCUT2D eigenvalue weighted by molar-refractivity contribution is -0.148. The van der Waals surface area contributed by atoms with E-state index >= 15 is 0 Å². The molecule has 0 spiro atoms. The minimum atomic E-state index is -5.06. The number of aromatic nitrogens is 7. The quantitative estimate of drug-likeness (QED) is 0.235. The zero-order valence-corrected chi connectivity index (χ0v) is 20.5. The summed E-state index contributed by atoms with van der Waals surface area (Å²) in [4.78, 5) is 3.60. The summed E-state index contributed by atoms with van der Waals surface area (Å²) in [6.45, 7) is 1.90. The van der Waals surface area contributed by atoms with Crippen LogP contribution in [0.25, 0.3) is 28.2 Å². The molecule has 0 amide bonds. The van der Waals surface area contributed by atoms with Crippen LogP contribution in [0.15, 0.2) is 54.6 Å². The number of H-pyrrole nitrogens is 1. The maximum atomic E-state index is 13.8. The Morgan fingerprint density at radius 3 is 2.23 bits per heavy atom. The Morgan fingerprint density at radius 1 is 0.897 bits per heavy atom. The van der Waals surface area contributed by atoms with Crippen LogP contribution in [0.2, 0.25) is 0 Å². The van der Waals surface area contributed by atoms with Crippen molar-refractivity contribution in [2.45, 2.75) is 45.0 Å². The Kier molecular flexibility index (Phi) is 6.83. The lowest BCUT2D eigenvalue weighted by Gasteiger charge is -2.13. The molecule has 0 atom stereocenters. The Labute approximate surface area is 217 Å². The lowest BCUT2D eigenvalue weighted by atomic mass is 9.96. The number of hydrogen-bond acceptors (Lipinski definition) is 5. The molecule has 0 aliphatic heterocycles. The Bertz CT molecular complexity index is 1590. The van der Waals surface area contributed by atoms with E-state index < -0.39 is 29.4 Å². The zero-order chi connectivity index (χ0) is 27.8. The number of halogens is 6. The van der Waals surface area contributed by atoms with Crippen molar-refractivity contribution in [3.8, 4) is 22.5 Å².